The number of allylic oxidation sites excluding steroid dienone is 3. The average molecular weight is 486 g/mol. The lowest BCUT2D eigenvalue weighted by atomic mass is 9.47. The van der Waals surface area contributed by atoms with Crippen LogP contribution in [0.1, 0.15) is 92.4 Å². The Morgan fingerprint density at radius 1 is 1.15 bits per heavy atom. The summed E-state index contributed by atoms with van der Waals surface area (Å²) >= 11 is 5.39. The number of ether oxygens (including phenoxy) is 1. The number of hydrazone groups is 1. The number of rotatable bonds is 6. The van der Waals surface area contributed by atoms with E-state index >= 15 is 0 Å². The Hall–Kier alpha value is -1.69. The number of nitrogens with zero attached hydrogens (tertiary/aromatic N) is 1. The molecular weight excluding hydrogens is 442 g/mol. The fourth-order valence-corrected chi connectivity index (χ4v) is 7.85. The molecule has 0 saturated heterocycles. The summed E-state index contributed by atoms with van der Waals surface area (Å²) in [4.78, 5) is 11.5. The zero-order valence-corrected chi connectivity index (χ0v) is 22.5. The largest absolute Gasteiger partial charge is 0.462 e. The van der Waals surface area contributed by atoms with Gasteiger partial charge in [-0.25, -0.2) is 0 Å². The number of hydrogen-bond acceptors (Lipinski definition) is 4. The second kappa shape index (κ2) is 10.1. The van der Waals surface area contributed by atoms with Gasteiger partial charge in [0.25, 0.3) is 0 Å². The highest BCUT2D eigenvalue weighted by Crippen LogP contribution is 2.65. The number of unbranched alkanes of at least 4 members (excludes halogenated alkanes) is 1. The molecule has 0 bridgehead atoms. The van der Waals surface area contributed by atoms with E-state index in [0.29, 0.717) is 16.9 Å². The minimum atomic E-state index is -0.148. The normalized spacial score (nSPS) is 36.9. The third-order valence-corrected chi connectivity index (χ3v) is 9.74. The van der Waals surface area contributed by atoms with E-state index in [0.717, 1.165) is 63.1 Å². The molecule has 4 rings (SSSR count). The van der Waals surface area contributed by atoms with Gasteiger partial charge in [0.1, 0.15) is 6.10 Å². The molecule has 4 aliphatic carbocycles. The molecular formula is C28H43N3O2S. The fourth-order valence-electron chi connectivity index (χ4n) is 7.70. The smallest absolute Gasteiger partial charge is 0.302 e. The monoisotopic (exact) mass is 485 g/mol. The van der Waals surface area contributed by atoms with E-state index in [1.54, 1.807) is 5.57 Å². The molecule has 0 amide bonds. The number of carbonyl (C=O) groups excluding carboxylic acids is 1. The summed E-state index contributed by atoms with van der Waals surface area (Å²) in [5.41, 5.74) is 7.55. The van der Waals surface area contributed by atoms with Gasteiger partial charge in [0, 0.05) is 19.9 Å². The van der Waals surface area contributed by atoms with Crippen LogP contribution in [-0.2, 0) is 9.53 Å². The van der Waals surface area contributed by atoms with Crippen LogP contribution >= 0.6 is 12.2 Å². The van der Waals surface area contributed by atoms with E-state index in [1.807, 2.05) is 0 Å². The van der Waals surface area contributed by atoms with E-state index < -0.39 is 0 Å². The Bertz CT molecular complexity index is 909. The van der Waals surface area contributed by atoms with Crippen molar-refractivity contribution in [1.82, 2.24) is 10.7 Å². The zero-order valence-electron chi connectivity index (χ0n) is 21.7. The van der Waals surface area contributed by atoms with Crippen molar-refractivity contribution in [2.45, 2.75) is 98.5 Å². The molecule has 2 N–H and O–H groups in total. The second-order valence-electron chi connectivity index (χ2n) is 11.5. The average Bonchev–Trinajstić information content (AvgIpc) is 3.15. The van der Waals surface area contributed by atoms with Crippen LogP contribution in [0.5, 0.6) is 0 Å². The SMILES string of the molecule is CCCCNC(=S)NN=C(C)C1=CCC2C3CC=C4CC(OC(C)=O)CCC4(C)C3CCC12C. The predicted octanol–water partition coefficient (Wildman–Crippen LogP) is 6.06. The minimum absolute atomic E-state index is 0.0656. The summed E-state index contributed by atoms with van der Waals surface area (Å²) in [6.45, 7) is 11.7. The van der Waals surface area contributed by atoms with Crippen LogP contribution < -0.4 is 10.7 Å². The highest BCUT2D eigenvalue weighted by Gasteiger charge is 2.57. The summed E-state index contributed by atoms with van der Waals surface area (Å²) in [7, 11) is 0. The molecule has 6 atom stereocenters. The molecule has 5 nitrogen and oxygen atoms in total. The van der Waals surface area contributed by atoms with Crippen molar-refractivity contribution >= 4 is 29.0 Å². The number of hydrogen-bond donors (Lipinski definition) is 2. The van der Waals surface area contributed by atoms with E-state index in [2.05, 4.69) is 55.7 Å². The Kier molecular flexibility index (Phi) is 7.56. The Balaban J connectivity index is 1.45. The van der Waals surface area contributed by atoms with Gasteiger partial charge in [0.05, 0.1) is 5.71 Å². The third-order valence-electron chi connectivity index (χ3n) is 9.50. The van der Waals surface area contributed by atoms with Gasteiger partial charge in [-0.3, -0.25) is 10.2 Å². The zero-order chi connectivity index (χ0) is 24.5. The molecule has 0 aliphatic heterocycles. The van der Waals surface area contributed by atoms with Crippen LogP contribution in [0.15, 0.2) is 28.4 Å². The minimum Gasteiger partial charge on any atom is -0.462 e. The van der Waals surface area contributed by atoms with Crippen LogP contribution in [0.2, 0.25) is 0 Å². The van der Waals surface area contributed by atoms with Crippen molar-refractivity contribution in [2.24, 2.45) is 33.7 Å². The van der Waals surface area contributed by atoms with Gasteiger partial charge in [0.15, 0.2) is 5.11 Å². The topological polar surface area (TPSA) is 62.7 Å². The summed E-state index contributed by atoms with van der Waals surface area (Å²) in [5.74, 6) is 1.96. The molecule has 188 valence electrons. The van der Waals surface area contributed by atoms with E-state index in [9.17, 15) is 4.79 Å². The molecule has 2 fully saturated rings. The van der Waals surface area contributed by atoms with Crippen molar-refractivity contribution < 1.29 is 9.53 Å². The van der Waals surface area contributed by atoms with E-state index in [4.69, 9.17) is 17.0 Å². The first-order valence-corrected chi connectivity index (χ1v) is 13.8. The molecule has 2 saturated carbocycles. The lowest BCUT2D eigenvalue weighted by Gasteiger charge is -2.57. The first-order valence-electron chi connectivity index (χ1n) is 13.3. The van der Waals surface area contributed by atoms with Crippen molar-refractivity contribution in [2.75, 3.05) is 6.54 Å². The number of nitrogens with one attached hydrogen (secondary N) is 2. The maximum absolute atomic E-state index is 11.5. The number of esters is 1. The molecule has 0 spiro atoms. The number of thiocarbonyl (C=S) groups is 1. The van der Waals surface area contributed by atoms with Crippen molar-refractivity contribution in [3.8, 4) is 0 Å². The maximum Gasteiger partial charge on any atom is 0.302 e. The summed E-state index contributed by atoms with van der Waals surface area (Å²) in [5, 5.41) is 8.52. The molecule has 6 heteroatoms. The van der Waals surface area contributed by atoms with Crippen molar-refractivity contribution in [1.29, 1.82) is 0 Å². The molecule has 0 aromatic heterocycles. The third kappa shape index (κ3) is 4.72. The summed E-state index contributed by atoms with van der Waals surface area (Å²) < 4.78 is 5.59. The second-order valence-corrected chi connectivity index (χ2v) is 11.9. The molecule has 0 aromatic carbocycles. The van der Waals surface area contributed by atoms with Crippen molar-refractivity contribution in [3.63, 3.8) is 0 Å². The van der Waals surface area contributed by atoms with Gasteiger partial charge in [-0.1, -0.05) is 44.9 Å². The van der Waals surface area contributed by atoms with E-state index in [1.165, 1.54) is 25.3 Å². The molecule has 0 radical (unpaired) electrons. The Morgan fingerprint density at radius 3 is 2.65 bits per heavy atom. The summed E-state index contributed by atoms with van der Waals surface area (Å²) in [6.07, 6.45) is 15.1. The predicted molar refractivity (Wildman–Crippen MR) is 142 cm³/mol. The van der Waals surface area contributed by atoms with Gasteiger partial charge in [0.2, 0.25) is 0 Å². The van der Waals surface area contributed by atoms with E-state index in [-0.39, 0.29) is 22.9 Å². The van der Waals surface area contributed by atoms with Crippen LogP contribution in [0.25, 0.3) is 0 Å². The highest BCUT2D eigenvalue weighted by molar-refractivity contribution is 7.80. The molecule has 4 aliphatic rings. The van der Waals surface area contributed by atoms with Crippen LogP contribution in [0, 0.1) is 28.6 Å². The summed E-state index contributed by atoms with van der Waals surface area (Å²) in [6, 6.07) is 0. The van der Waals surface area contributed by atoms with Gasteiger partial charge in [-0.15, -0.1) is 0 Å². The van der Waals surface area contributed by atoms with Gasteiger partial charge in [-0.2, -0.15) is 5.10 Å². The van der Waals surface area contributed by atoms with Gasteiger partial charge >= 0.3 is 5.97 Å². The molecule has 0 aromatic rings. The maximum atomic E-state index is 11.5. The Labute approximate surface area is 211 Å². The van der Waals surface area contributed by atoms with Crippen LogP contribution in [-0.4, -0.2) is 29.4 Å². The number of fused-ring (bicyclic) bond motifs is 5. The fraction of sp³-hybridized carbons (Fsp3) is 0.750. The van der Waals surface area contributed by atoms with Gasteiger partial charge < -0.3 is 10.1 Å². The first-order chi connectivity index (χ1) is 16.2. The quantitative estimate of drug-likeness (QED) is 0.120. The van der Waals surface area contributed by atoms with Crippen LogP contribution in [0.4, 0.5) is 0 Å². The first kappa shape index (κ1) is 25.4. The van der Waals surface area contributed by atoms with Crippen LogP contribution in [0.3, 0.4) is 0 Å². The molecule has 34 heavy (non-hydrogen) atoms. The standard InChI is InChI=1S/C28H43N3O2S/c1-6-7-16-29-26(34)31-30-18(2)23-10-11-24-22-9-8-20-17-21(33-19(3)32)12-14-27(20,4)25(22)13-15-28(23,24)5/h8,10,21-22,24-25H,6-7,9,11-17H2,1-5H3,(H2,29,31,34). The number of carbonyl (C=O) groups is 1. The molecule has 6 unspecified atom stereocenters. The lowest BCUT2D eigenvalue weighted by Crippen LogP contribution is -2.50. The van der Waals surface area contributed by atoms with Crippen molar-refractivity contribution in [3.05, 3.63) is 23.3 Å². The Morgan fingerprint density at radius 2 is 1.91 bits per heavy atom. The highest BCUT2D eigenvalue weighted by atomic mass is 32.1. The molecule has 0 heterocycles. The van der Waals surface area contributed by atoms with Gasteiger partial charge in [-0.05, 0) is 98.2 Å². The lowest BCUT2D eigenvalue weighted by molar-refractivity contribution is -0.148.